The van der Waals surface area contributed by atoms with Crippen LogP contribution in [0.5, 0.6) is 5.75 Å². The Hall–Kier alpha value is -1.37. The second kappa shape index (κ2) is 11.4. The maximum Gasteiger partial charge on any atom is 0.276 e. The van der Waals surface area contributed by atoms with E-state index in [2.05, 4.69) is 25.8 Å². The average Bonchev–Trinajstić information content (AvgIpc) is 2.64. The molecule has 2 heterocycles. The molecule has 1 aliphatic heterocycles. The molecule has 1 amide bonds. The lowest BCUT2D eigenvalue weighted by Gasteiger charge is -2.40. The third-order valence-corrected chi connectivity index (χ3v) is 4.45. The topological polar surface area (TPSA) is 77.7 Å². The number of carbonyl (C=O) groups excluding carboxylic acids is 1. The maximum atomic E-state index is 13.1. The van der Waals surface area contributed by atoms with E-state index in [0.717, 1.165) is 19.3 Å². The highest BCUT2D eigenvalue weighted by Crippen LogP contribution is 2.24. The molecule has 0 aliphatic carbocycles. The number of hydrogen-bond acceptors (Lipinski definition) is 5. The maximum absolute atomic E-state index is 13.1. The van der Waals surface area contributed by atoms with Gasteiger partial charge in [0.15, 0.2) is 11.4 Å². The SMILES string of the molecule is CCCC[C@@H]1CN(C(=O)c2ncccc2OCCN)C[C@H](C(C)C)O1.Cl. The van der Waals surface area contributed by atoms with Gasteiger partial charge in [-0.3, -0.25) is 4.79 Å². The molecule has 0 spiro atoms. The van der Waals surface area contributed by atoms with Gasteiger partial charge in [0, 0.05) is 25.8 Å². The zero-order valence-corrected chi connectivity index (χ0v) is 16.8. The molecule has 7 heteroatoms. The molecular formula is C19H32ClN3O3. The Kier molecular flexibility index (Phi) is 9.91. The van der Waals surface area contributed by atoms with E-state index in [-0.39, 0.29) is 30.5 Å². The lowest BCUT2D eigenvalue weighted by molar-refractivity contribution is -0.0964. The molecule has 6 nitrogen and oxygen atoms in total. The molecule has 0 bridgehead atoms. The van der Waals surface area contributed by atoms with Gasteiger partial charge in [0.2, 0.25) is 0 Å². The van der Waals surface area contributed by atoms with Crippen LogP contribution in [0, 0.1) is 5.92 Å². The molecule has 1 aromatic rings. The predicted molar refractivity (Wildman–Crippen MR) is 105 cm³/mol. The summed E-state index contributed by atoms with van der Waals surface area (Å²) in [6.07, 6.45) is 4.96. The van der Waals surface area contributed by atoms with Gasteiger partial charge in [-0.25, -0.2) is 4.98 Å². The van der Waals surface area contributed by atoms with Crippen LogP contribution in [0.3, 0.4) is 0 Å². The summed E-state index contributed by atoms with van der Waals surface area (Å²) in [5.41, 5.74) is 5.86. The largest absolute Gasteiger partial charge is 0.490 e. The van der Waals surface area contributed by atoms with Crippen molar-refractivity contribution in [3.63, 3.8) is 0 Å². The van der Waals surface area contributed by atoms with Crippen molar-refractivity contribution < 1.29 is 14.3 Å². The summed E-state index contributed by atoms with van der Waals surface area (Å²) in [5.74, 6) is 0.759. The average molecular weight is 386 g/mol. The monoisotopic (exact) mass is 385 g/mol. The molecule has 1 aliphatic rings. The molecule has 2 rings (SSSR count). The van der Waals surface area contributed by atoms with E-state index in [0.29, 0.717) is 43.6 Å². The van der Waals surface area contributed by atoms with Gasteiger partial charge in [-0.2, -0.15) is 0 Å². The molecule has 2 atom stereocenters. The number of rotatable bonds is 8. The number of pyridine rings is 1. The Morgan fingerprint density at radius 1 is 1.46 bits per heavy atom. The first kappa shape index (κ1) is 22.7. The van der Waals surface area contributed by atoms with Crippen LogP contribution in [0.25, 0.3) is 0 Å². The molecule has 1 saturated heterocycles. The van der Waals surface area contributed by atoms with Crippen LogP contribution < -0.4 is 10.5 Å². The number of halogens is 1. The van der Waals surface area contributed by atoms with E-state index < -0.39 is 0 Å². The van der Waals surface area contributed by atoms with Gasteiger partial charge < -0.3 is 20.1 Å². The minimum Gasteiger partial charge on any atom is -0.490 e. The molecule has 0 unspecified atom stereocenters. The van der Waals surface area contributed by atoms with Crippen molar-refractivity contribution in [2.75, 3.05) is 26.2 Å². The molecule has 0 saturated carbocycles. The van der Waals surface area contributed by atoms with Gasteiger partial charge in [-0.15, -0.1) is 12.4 Å². The highest BCUT2D eigenvalue weighted by Gasteiger charge is 2.33. The minimum absolute atomic E-state index is 0. The number of ether oxygens (including phenoxy) is 2. The number of hydrogen-bond donors (Lipinski definition) is 1. The van der Waals surface area contributed by atoms with Crippen molar-refractivity contribution in [2.24, 2.45) is 11.7 Å². The zero-order chi connectivity index (χ0) is 18.2. The smallest absolute Gasteiger partial charge is 0.276 e. The summed E-state index contributed by atoms with van der Waals surface area (Å²) in [6.45, 7) is 8.39. The predicted octanol–water partition coefficient (Wildman–Crippen LogP) is 2.90. The van der Waals surface area contributed by atoms with Crippen LogP contribution in [0.15, 0.2) is 18.3 Å². The van der Waals surface area contributed by atoms with Gasteiger partial charge in [0.25, 0.3) is 5.91 Å². The van der Waals surface area contributed by atoms with Gasteiger partial charge in [0.05, 0.1) is 12.2 Å². The van der Waals surface area contributed by atoms with Crippen LogP contribution in [-0.2, 0) is 4.74 Å². The number of nitrogens with two attached hydrogens (primary N) is 1. The molecular weight excluding hydrogens is 354 g/mol. The van der Waals surface area contributed by atoms with Crippen molar-refractivity contribution in [1.82, 2.24) is 9.88 Å². The fourth-order valence-electron chi connectivity index (χ4n) is 2.98. The Morgan fingerprint density at radius 2 is 2.23 bits per heavy atom. The van der Waals surface area contributed by atoms with Gasteiger partial charge >= 0.3 is 0 Å². The summed E-state index contributed by atoms with van der Waals surface area (Å²) in [7, 11) is 0. The Morgan fingerprint density at radius 3 is 2.88 bits per heavy atom. The Balaban J connectivity index is 0.00000338. The number of amides is 1. The van der Waals surface area contributed by atoms with Crippen molar-refractivity contribution in [3.05, 3.63) is 24.0 Å². The second-order valence-corrected chi connectivity index (χ2v) is 6.88. The Labute approximate surface area is 162 Å². The minimum atomic E-state index is -0.0944. The third kappa shape index (κ3) is 6.11. The van der Waals surface area contributed by atoms with E-state index in [1.165, 1.54) is 0 Å². The molecule has 148 valence electrons. The van der Waals surface area contributed by atoms with Gasteiger partial charge in [0.1, 0.15) is 6.61 Å². The van der Waals surface area contributed by atoms with Crippen LogP contribution in [0.1, 0.15) is 50.5 Å². The van der Waals surface area contributed by atoms with Crippen LogP contribution >= 0.6 is 12.4 Å². The summed E-state index contributed by atoms with van der Waals surface area (Å²) in [5, 5.41) is 0. The third-order valence-electron chi connectivity index (χ3n) is 4.45. The fraction of sp³-hybridized carbons (Fsp3) is 0.684. The lowest BCUT2D eigenvalue weighted by atomic mass is 10.0. The van der Waals surface area contributed by atoms with E-state index in [1.54, 1.807) is 18.3 Å². The van der Waals surface area contributed by atoms with Crippen molar-refractivity contribution in [1.29, 1.82) is 0 Å². The molecule has 1 fully saturated rings. The summed E-state index contributed by atoms with van der Waals surface area (Å²) in [6, 6.07) is 3.54. The summed E-state index contributed by atoms with van der Waals surface area (Å²) in [4.78, 5) is 19.2. The highest BCUT2D eigenvalue weighted by atomic mass is 35.5. The van der Waals surface area contributed by atoms with Crippen LogP contribution in [-0.4, -0.2) is 54.2 Å². The Bertz CT molecular complexity index is 557. The molecule has 2 N–H and O–H groups in total. The lowest BCUT2D eigenvalue weighted by Crippen LogP contribution is -2.51. The first-order valence-corrected chi connectivity index (χ1v) is 9.29. The van der Waals surface area contributed by atoms with E-state index >= 15 is 0 Å². The van der Waals surface area contributed by atoms with Crippen molar-refractivity contribution in [3.8, 4) is 5.75 Å². The number of morpholine rings is 1. The quantitative estimate of drug-likeness (QED) is 0.744. The molecule has 1 aromatic heterocycles. The fourth-order valence-corrected chi connectivity index (χ4v) is 2.98. The number of carbonyl (C=O) groups is 1. The van der Waals surface area contributed by atoms with E-state index in [4.69, 9.17) is 15.2 Å². The van der Waals surface area contributed by atoms with Gasteiger partial charge in [-0.05, 0) is 24.5 Å². The van der Waals surface area contributed by atoms with Gasteiger partial charge in [-0.1, -0.05) is 33.6 Å². The summed E-state index contributed by atoms with van der Waals surface area (Å²) < 4.78 is 11.8. The molecule has 0 radical (unpaired) electrons. The standard InChI is InChI=1S/C19H31N3O3.ClH/c1-4-5-7-15-12-22(13-17(25-15)14(2)3)19(23)18-16(24-11-9-20)8-6-10-21-18;/h6,8,10,14-15,17H,4-5,7,9,11-13,20H2,1-3H3;1H/t15-,17-;/m1./s1. The zero-order valence-electron chi connectivity index (χ0n) is 16.0. The number of aromatic nitrogens is 1. The van der Waals surface area contributed by atoms with Crippen molar-refractivity contribution in [2.45, 2.75) is 52.2 Å². The molecule has 26 heavy (non-hydrogen) atoms. The number of nitrogens with zero attached hydrogens (tertiary/aromatic N) is 2. The van der Waals surface area contributed by atoms with Crippen molar-refractivity contribution >= 4 is 18.3 Å². The second-order valence-electron chi connectivity index (χ2n) is 6.88. The van der Waals surface area contributed by atoms with Crippen LogP contribution in [0.2, 0.25) is 0 Å². The first-order valence-electron chi connectivity index (χ1n) is 9.29. The summed E-state index contributed by atoms with van der Waals surface area (Å²) >= 11 is 0. The van der Waals surface area contributed by atoms with E-state index in [9.17, 15) is 4.79 Å². The molecule has 0 aromatic carbocycles. The normalized spacial score (nSPS) is 20.0. The van der Waals surface area contributed by atoms with Crippen LogP contribution in [0.4, 0.5) is 0 Å². The first-order chi connectivity index (χ1) is 12.1. The number of unbranched alkanes of at least 4 members (excludes halogenated alkanes) is 1. The van der Waals surface area contributed by atoms with E-state index in [1.807, 2.05) is 4.90 Å². The highest BCUT2D eigenvalue weighted by molar-refractivity contribution is 5.95.